The molecule has 3 aliphatic heterocycles. The monoisotopic (exact) mass is 312 g/mol. The van der Waals surface area contributed by atoms with E-state index < -0.39 is 0 Å². The quantitative estimate of drug-likeness (QED) is 0.813. The molecule has 1 saturated heterocycles. The van der Waals surface area contributed by atoms with Crippen LogP contribution in [0.2, 0.25) is 0 Å². The second kappa shape index (κ2) is 4.70. The summed E-state index contributed by atoms with van der Waals surface area (Å²) in [5.41, 5.74) is 3.31. The lowest BCUT2D eigenvalue weighted by atomic mass is 9.80. The summed E-state index contributed by atoms with van der Waals surface area (Å²) in [6.07, 6.45) is 1.08. The van der Waals surface area contributed by atoms with Gasteiger partial charge in [-0.25, -0.2) is 0 Å². The van der Waals surface area contributed by atoms with Gasteiger partial charge in [0.25, 0.3) is 0 Å². The average Bonchev–Trinajstić information content (AvgIpc) is 3.13. The van der Waals surface area contributed by atoms with Gasteiger partial charge in [0, 0.05) is 18.3 Å². The van der Waals surface area contributed by atoms with Crippen LogP contribution in [0.1, 0.15) is 37.4 Å². The summed E-state index contributed by atoms with van der Waals surface area (Å²) in [5.74, 6) is 0. The van der Waals surface area contributed by atoms with Crippen molar-refractivity contribution in [3.8, 4) is 6.07 Å². The Morgan fingerprint density at radius 1 is 1.43 bits per heavy atom. The van der Waals surface area contributed by atoms with Crippen molar-refractivity contribution in [2.75, 3.05) is 25.5 Å². The smallest absolute Gasteiger partial charge is 0.139 e. The second-order valence-electron chi connectivity index (χ2n) is 7.43. The number of epoxide rings is 1. The van der Waals surface area contributed by atoms with Gasteiger partial charge < -0.3 is 20.3 Å². The van der Waals surface area contributed by atoms with E-state index in [0.29, 0.717) is 0 Å². The summed E-state index contributed by atoms with van der Waals surface area (Å²) >= 11 is 0. The maximum atomic E-state index is 9.81. The largest absolute Gasteiger partial charge is 0.365 e. The molecule has 23 heavy (non-hydrogen) atoms. The first-order valence-corrected chi connectivity index (χ1v) is 8.32. The summed E-state index contributed by atoms with van der Waals surface area (Å²) < 4.78 is 5.94. The molecule has 4 atom stereocenters. The third-order valence-corrected chi connectivity index (χ3v) is 5.90. The van der Waals surface area contributed by atoms with E-state index in [1.54, 1.807) is 0 Å². The topological polar surface area (TPSA) is 63.6 Å². The van der Waals surface area contributed by atoms with Crippen LogP contribution in [0.25, 0.3) is 0 Å². The molecule has 0 saturated carbocycles. The molecule has 2 N–H and O–H groups in total. The van der Waals surface area contributed by atoms with E-state index in [-0.39, 0.29) is 29.3 Å². The maximum Gasteiger partial charge on any atom is 0.139 e. The molecular weight excluding hydrogens is 288 g/mol. The number of anilines is 1. The van der Waals surface area contributed by atoms with Gasteiger partial charge in [-0.2, -0.15) is 5.26 Å². The van der Waals surface area contributed by atoms with Gasteiger partial charge in [-0.3, -0.25) is 0 Å². The van der Waals surface area contributed by atoms with Crippen LogP contribution < -0.4 is 15.5 Å². The molecular formula is C18H24N4O. The lowest BCUT2D eigenvalue weighted by molar-refractivity contribution is 0.297. The summed E-state index contributed by atoms with van der Waals surface area (Å²) in [7, 11) is 4.00. The number of nitrogens with zero attached hydrogens (tertiary/aromatic N) is 2. The summed E-state index contributed by atoms with van der Waals surface area (Å²) in [6.45, 7) is 5.15. The third-order valence-electron chi connectivity index (χ3n) is 5.90. The van der Waals surface area contributed by atoms with Gasteiger partial charge in [-0.1, -0.05) is 12.1 Å². The zero-order chi connectivity index (χ0) is 16.4. The first-order valence-electron chi connectivity index (χ1n) is 8.32. The molecule has 0 amide bonds. The normalized spacial score (nSPS) is 37.0. The van der Waals surface area contributed by atoms with Crippen LogP contribution in [0.15, 0.2) is 18.2 Å². The minimum Gasteiger partial charge on any atom is -0.365 e. The SMILES string of the molecule is CN[C@@]12CCN[C@H]([C@H]3OC3(C)C)c3cccc(c31)N(C)[C@@H]2C#N. The molecule has 0 aliphatic carbocycles. The highest BCUT2D eigenvalue weighted by atomic mass is 16.6. The zero-order valence-corrected chi connectivity index (χ0v) is 14.2. The molecule has 3 aliphatic rings. The van der Waals surface area contributed by atoms with Gasteiger partial charge in [0.05, 0.1) is 23.3 Å². The van der Waals surface area contributed by atoms with Crippen molar-refractivity contribution in [3.05, 3.63) is 29.3 Å². The molecule has 122 valence electrons. The van der Waals surface area contributed by atoms with E-state index in [2.05, 4.69) is 53.6 Å². The minimum absolute atomic E-state index is 0.0772. The van der Waals surface area contributed by atoms with Crippen LogP contribution in [0.5, 0.6) is 0 Å². The van der Waals surface area contributed by atoms with Gasteiger partial charge in [0.15, 0.2) is 0 Å². The van der Waals surface area contributed by atoms with Crippen molar-refractivity contribution in [1.29, 1.82) is 5.26 Å². The molecule has 1 aromatic rings. The first-order chi connectivity index (χ1) is 11.0. The zero-order valence-electron chi connectivity index (χ0n) is 14.2. The number of hydrogen-bond acceptors (Lipinski definition) is 5. The van der Waals surface area contributed by atoms with Crippen molar-refractivity contribution in [1.82, 2.24) is 10.6 Å². The number of nitrogens with one attached hydrogen (secondary N) is 2. The highest BCUT2D eigenvalue weighted by Gasteiger charge is 2.57. The van der Waals surface area contributed by atoms with Gasteiger partial charge in [-0.05, 0) is 45.5 Å². The van der Waals surface area contributed by atoms with Gasteiger partial charge in [0.1, 0.15) is 12.1 Å². The van der Waals surface area contributed by atoms with Crippen molar-refractivity contribution in [3.63, 3.8) is 0 Å². The third kappa shape index (κ3) is 1.83. The molecule has 0 unspecified atom stereocenters. The molecule has 5 heteroatoms. The summed E-state index contributed by atoms with van der Waals surface area (Å²) in [4.78, 5) is 2.12. The van der Waals surface area contributed by atoms with Gasteiger partial charge in [-0.15, -0.1) is 0 Å². The Morgan fingerprint density at radius 3 is 2.78 bits per heavy atom. The summed E-state index contributed by atoms with van der Waals surface area (Å²) in [5, 5.41) is 17.0. The standard InChI is InChI=1S/C18H24N4O/c1-17(2)16(23-17)15-11-6-5-7-12-14(11)18(20-3,8-9-21-15)13(10-19)22(12)4/h5-7,13,15-16,20-21H,8-9H2,1-4H3/t13-,15+,16-,18-/m1/s1. The molecule has 3 heterocycles. The molecule has 4 rings (SSSR count). The van der Waals surface area contributed by atoms with Crippen LogP contribution >= 0.6 is 0 Å². The fraction of sp³-hybridized carbons (Fsp3) is 0.611. The van der Waals surface area contributed by atoms with Crippen LogP contribution in [0.4, 0.5) is 5.69 Å². The molecule has 5 nitrogen and oxygen atoms in total. The van der Waals surface area contributed by atoms with Crippen molar-refractivity contribution in [2.24, 2.45) is 0 Å². The molecule has 0 spiro atoms. The number of benzene rings is 1. The summed E-state index contributed by atoms with van der Waals surface area (Å²) in [6, 6.07) is 8.93. The van der Waals surface area contributed by atoms with E-state index in [9.17, 15) is 5.26 Å². The van der Waals surface area contributed by atoms with Crippen LogP contribution in [0.3, 0.4) is 0 Å². The minimum atomic E-state index is -0.323. The Labute approximate surface area is 137 Å². The van der Waals surface area contributed by atoms with E-state index in [4.69, 9.17) is 4.74 Å². The predicted octanol–water partition coefficient (Wildman–Crippen LogP) is 1.66. The molecule has 1 fully saturated rings. The number of ether oxygens (including phenoxy) is 1. The van der Waals surface area contributed by atoms with E-state index >= 15 is 0 Å². The van der Waals surface area contributed by atoms with Crippen LogP contribution in [0, 0.1) is 11.3 Å². The highest BCUT2D eigenvalue weighted by Crippen LogP contribution is 2.52. The van der Waals surface area contributed by atoms with Crippen molar-refractivity contribution < 1.29 is 4.74 Å². The highest BCUT2D eigenvalue weighted by molar-refractivity contribution is 5.69. The number of likely N-dealkylation sites (N-methyl/N-ethyl adjacent to an activating group) is 2. The number of nitriles is 1. The number of hydrogen-bond donors (Lipinski definition) is 2. The molecule has 0 aromatic heterocycles. The Bertz CT molecular complexity index is 695. The van der Waals surface area contributed by atoms with E-state index in [0.717, 1.165) is 18.7 Å². The molecule has 1 aromatic carbocycles. The second-order valence-corrected chi connectivity index (χ2v) is 7.43. The van der Waals surface area contributed by atoms with Gasteiger partial charge >= 0.3 is 0 Å². The molecule has 0 bridgehead atoms. The predicted molar refractivity (Wildman–Crippen MR) is 89.3 cm³/mol. The Balaban J connectivity index is 1.91. The molecule has 0 radical (unpaired) electrons. The Kier molecular flexibility index (Phi) is 3.05. The van der Waals surface area contributed by atoms with Crippen molar-refractivity contribution >= 4 is 5.69 Å². The van der Waals surface area contributed by atoms with E-state index in [1.165, 1.54) is 11.1 Å². The Hall–Kier alpha value is -1.61. The van der Waals surface area contributed by atoms with Crippen molar-refractivity contribution in [2.45, 2.75) is 49.6 Å². The lowest BCUT2D eigenvalue weighted by Crippen LogP contribution is -2.51. The first kappa shape index (κ1) is 14.9. The average molecular weight is 312 g/mol. The Morgan fingerprint density at radius 2 is 2.17 bits per heavy atom. The fourth-order valence-corrected chi connectivity index (χ4v) is 4.62. The van der Waals surface area contributed by atoms with Gasteiger partial charge in [0.2, 0.25) is 0 Å². The maximum absolute atomic E-state index is 9.81. The van der Waals surface area contributed by atoms with Crippen LogP contribution in [-0.4, -0.2) is 38.4 Å². The lowest BCUT2D eigenvalue weighted by Gasteiger charge is -2.33. The van der Waals surface area contributed by atoms with Crippen LogP contribution in [-0.2, 0) is 10.3 Å². The fourth-order valence-electron chi connectivity index (χ4n) is 4.62. The number of rotatable bonds is 2. The van der Waals surface area contributed by atoms with E-state index in [1.807, 2.05) is 14.1 Å².